The second-order valence-corrected chi connectivity index (χ2v) is 5.19. The first-order chi connectivity index (χ1) is 9.52. The Hall–Kier alpha value is -1.59. The van der Waals surface area contributed by atoms with Crippen LogP contribution in [0.3, 0.4) is 0 Å². The number of carbonyl (C=O) groups excluding carboxylic acids is 1. The lowest BCUT2D eigenvalue weighted by atomic mass is 9.96. The molecule has 0 amide bonds. The highest BCUT2D eigenvalue weighted by molar-refractivity contribution is 7.80. The molecule has 1 aromatic rings. The molecule has 6 heteroatoms. The molecule has 0 saturated carbocycles. The maximum atomic E-state index is 12.1. The fourth-order valence-corrected chi connectivity index (χ4v) is 2.48. The van der Waals surface area contributed by atoms with E-state index in [1.165, 1.54) is 0 Å². The van der Waals surface area contributed by atoms with Gasteiger partial charge in [-0.15, -0.1) is 0 Å². The summed E-state index contributed by atoms with van der Waals surface area (Å²) >= 11 is 11.0. The van der Waals surface area contributed by atoms with Gasteiger partial charge in [0.05, 0.1) is 18.2 Å². The smallest absolute Gasteiger partial charge is 0.338 e. The summed E-state index contributed by atoms with van der Waals surface area (Å²) in [5.41, 5.74) is 2.13. The number of esters is 1. The van der Waals surface area contributed by atoms with Gasteiger partial charge >= 0.3 is 5.97 Å². The highest BCUT2D eigenvalue weighted by Crippen LogP contribution is 2.28. The molecule has 0 bridgehead atoms. The normalized spacial score (nSPS) is 18.4. The van der Waals surface area contributed by atoms with E-state index in [1.807, 2.05) is 19.1 Å². The number of hydrogen-bond donors (Lipinski definition) is 2. The van der Waals surface area contributed by atoms with Crippen LogP contribution in [-0.2, 0) is 9.53 Å². The highest BCUT2D eigenvalue weighted by Gasteiger charge is 2.30. The van der Waals surface area contributed by atoms with Crippen LogP contribution < -0.4 is 10.6 Å². The van der Waals surface area contributed by atoms with Crippen LogP contribution in [0.15, 0.2) is 35.5 Å². The number of rotatable bonds is 3. The summed E-state index contributed by atoms with van der Waals surface area (Å²) in [5.74, 6) is -0.354. The highest BCUT2D eigenvalue weighted by atomic mass is 35.5. The molecule has 20 heavy (non-hydrogen) atoms. The van der Waals surface area contributed by atoms with Crippen molar-refractivity contribution >= 4 is 34.9 Å². The molecule has 1 heterocycles. The second kappa shape index (κ2) is 6.24. The SMILES string of the molecule is CCOC(=O)C1=C(C)NC(=S)N[C@@H]1c1ccc(Cl)cc1. The minimum absolute atomic E-state index is 0.327. The molecule has 1 atom stereocenters. The van der Waals surface area contributed by atoms with E-state index in [4.69, 9.17) is 28.6 Å². The molecule has 106 valence electrons. The molecule has 1 aliphatic heterocycles. The van der Waals surface area contributed by atoms with Crippen molar-refractivity contribution in [1.82, 2.24) is 10.6 Å². The average Bonchev–Trinajstić information content (AvgIpc) is 2.38. The third-order valence-electron chi connectivity index (χ3n) is 2.97. The number of ether oxygens (including phenoxy) is 1. The Labute approximate surface area is 128 Å². The third-order valence-corrected chi connectivity index (χ3v) is 3.44. The second-order valence-electron chi connectivity index (χ2n) is 4.34. The summed E-state index contributed by atoms with van der Waals surface area (Å²) in [4.78, 5) is 12.1. The molecule has 1 aliphatic rings. The molecule has 0 saturated heterocycles. The third kappa shape index (κ3) is 3.11. The van der Waals surface area contributed by atoms with Crippen LogP contribution in [0.25, 0.3) is 0 Å². The number of carbonyl (C=O) groups is 1. The van der Waals surface area contributed by atoms with Gasteiger partial charge in [-0.05, 0) is 43.8 Å². The number of nitrogens with one attached hydrogen (secondary N) is 2. The molecule has 0 spiro atoms. The van der Waals surface area contributed by atoms with Gasteiger partial charge in [0, 0.05) is 10.7 Å². The first-order valence-electron chi connectivity index (χ1n) is 6.23. The molecule has 0 fully saturated rings. The van der Waals surface area contributed by atoms with Crippen LogP contribution >= 0.6 is 23.8 Å². The van der Waals surface area contributed by atoms with Crippen LogP contribution in [0.2, 0.25) is 5.02 Å². The summed E-state index contributed by atoms with van der Waals surface area (Å²) in [7, 11) is 0. The number of benzene rings is 1. The maximum Gasteiger partial charge on any atom is 0.338 e. The van der Waals surface area contributed by atoms with Gasteiger partial charge in [-0.25, -0.2) is 4.79 Å². The molecule has 4 nitrogen and oxygen atoms in total. The van der Waals surface area contributed by atoms with Gasteiger partial charge in [0.15, 0.2) is 5.11 Å². The molecular weight excluding hydrogens is 296 g/mol. The molecule has 1 aromatic carbocycles. The van der Waals surface area contributed by atoms with Gasteiger partial charge in [0.25, 0.3) is 0 Å². The molecule has 0 aliphatic carbocycles. The largest absolute Gasteiger partial charge is 0.463 e. The predicted molar refractivity (Wildman–Crippen MR) is 82.4 cm³/mol. The van der Waals surface area contributed by atoms with Crippen molar-refractivity contribution in [1.29, 1.82) is 0 Å². The predicted octanol–water partition coefficient (Wildman–Crippen LogP) is 2.70. The van der Waals surface area contributed by atoms with E-state index in [0.29, 0.717) is 28.0 Å². The van der Waals surface area contributed by atoms with Gasteiger partial charge < -0.3 is 15.4 Å². The number of allylic oxidation sites excluding steroid dienone is 1. The van der Waals surface area contributed by atoms with Crippen molar-refractivity contribution < 1.29 is 9.53 Å². The quantitative estimate of drug-likeness (QED) is 0.664. The van der Waals surface area contributed by atoms with Crippen LogP contribution in [0.1, 0.15) is 25.5 Å². The molecule has 0 radical (unpaired) electrons. The zero-order valence-corrected chi connectivity index (χ0v) is 12.8. The van der Waals surface area contributed by atoms with E-state index in [-0.39, 0.29) is 12.0 Å². The Bertz CT molecular complexity index is 569. The average molecular weight is 311 g/mol. The van der Waals surface area contributed by atoms with Crippen LogP contribution in [0, 0.1) is 0 Å². The van der Waals surface area contributed by atoms with E-state index >= 15 is 0 Å². The number of thiocarbonyl (C=S) groups is 1. The van der Waals surface area contributed by atoms with E-state index < -0.39 is 0 Å². The van der Waals surface area contributed by atoms with Crippen molar-refractivity contribution in [2.45, 2.75) is 19.9 Å². The topological polar surface area (TPSA) is 50.4 Å². The Kier molecular flexibility index (Phi) is 4.62. The van der Waals surface area contributed by atoms with E-state index in [0.717, 1.165) is 5.56 Å². The summed E-state index contributed by atoms with van der Waals surface area (Å²) in [6.45, 7) is 3.91. The minimum Gasteiger partial charge on any atom is -0.463 e. The van der Waals surface area contributed by atoms with Crippen molar-refractivity contribution in [3.63, 3.8) is 0 Å². The standard InChI is InChI=1S/C14H15ClN2O2S/c1-3-19-13(18)11-8(2)16-14(20)17-12(11)9-4-6-10(15)7-5-9/h4-7,12H,3H2,1-2H3,(H2,16,17,20)/t12-/m1/s1. The van der Waals surface area contributed by atoms with Crippen molar-refractivity contribution in [2.24, 2.45) is 0 Å². The van der Waals surface area contributed by atoms with Gasteiger partial charge in [0.2, 0.25) is 0 Å². The van der Waals surface area contributed by atoms with Crippen LogP contribution in [-0.4, -0.2) is 17.7 Å². The molecule has 0 unspecified atom stereocenters. The molecular formula is C14H15ClN2O2S. The zero-order chi connectivity index (χ0) is 14.7. The monoisotopic (exact) mass is 310 g/mol. The fraction of sp³-hybridized carbons (Fsp3) is 0.286. The summed E-state index contributed by atoms with van der Waals surface area (Å²) in [5, 5.41) is 7.17. The first-order valence-corrected chi connectivity index (χ1v) is 7.02. The fourth-order valence-electron chi connectivity index (χ4n) is 2.08. The van der Waals surface area contributed by atoms with E-state index in [2.05, 4.69) is 10.6 Å². The van der Waals surface area contributed by atoms with Crippen LogP contribution in [0.4, 0.5) is 0 Å². The molecule has 2 rings (SSSR count). The van der Waals surface area contributed by atoms with Crippen molar-refractivity contribution in [3.8, 4) is 0 Å². The van der Waals surface area contributed by atoms with Crippen molar-refractivity contribution in [3.05, 3.63) is 46.1 Å². The van der Waals surface area contributed by atoms with Gasteiger partial charge in [-0.2, -0.15) is 0 Å². The summed E-state index contributed by atoms with van der Waals surface area (Å²) in [6.07, 6.45) is 0. The summed E-state index contributed by atoms with van der Waals surface area (Å²) < 4.78 is 5.12. The zero-order valence-electron chi connectivity index (χ0n) is 11.2. The lowest BCUT2D eigenvalue weighted by Gasteiger charge is -2.29. The Morgan fingerprint density at radius 2 is 2.05 bits per heavy atom. The molecule has 2 N–H and O–H groups in total. The van der Waals surface area contributed by atoms with Gasteiger partial charge in [-0.3, -0.25) is 0 Å². The van der Waals surface area contributed by atoms with E-state index in [9.17, 15) is 4.79 Å². The Morgan fingerprint density at radius 3 is 2.65 bits per heavy atom. The van der Waals surface area contributed by atoms with Crippen molar-refractivity contribution in [2.75, 3.05) is 6.61 Å². The Balaban J connectivity index is 2.41. The first kappa shape index (κ1) is 14.8. The molecule has 0 aromatic heterocycles. The Morgan fingerprint density at radius 1 is 1.40 bits per heavy atom. The number of hydrogen-bond acceptors (Lipinski definition) is 3. The summed E-state index contributed by atoms with van der Waals surface area (Å²) in [6, 6.07) is 6.95. The minimum atomic E-state index is -0.354. The van der Waals surface area contributed by atoms with Gasteiger partial charge in [-0.1, -0.05) is 23.7 Å². The van der Waals surface area contributed by atoms with Gasteiger partial charge in [0.1, 0.15) is 0 Å². The van der Waals surface area contributed by atoms with Crippen LogP contribution in [0.5, 0.6) is 0 Å². The number of halogens is 1. The lowest BCUT2D eigenvalue weighted by Crippen LogP contribution is -2.45. The maximum absolute atomic E-state index is 12.1. The lowest BCUT2D eigenvalue weighted by molar-refractivity contribution is -0.139. The van der Waals surface area contributed by atoms with E-state index in [1.54, 1.807) is 19.1 Å².